The first-order chi connectivity index (χ1) is 9.18. The minimum Gasteiger partial charge on any atom is -0.550 e. The molecule has 6 nitrogen and oxygen atoms in total. The summed E-state index contributed by atoms with van der Waals surface area (Å²) in [6.07, 6.45) is 2.85. The van der Waals surface area contributed by atoms with Gasteiger partial charge >= 0.3 is 29.6 Å². The number of aliphatic carboxylic acids is 1. The molecule has 0 aromatic heterocycles. The van der Waals surface area contributed by atoms with E-state index >= 15 is 0 Å². The van der Waals surface area contributed by atoms with Gasteiger partial charge < -0.3 is 20.0 Å². The second-order valence-electron chi connectivity index (χ2n) is 4.74. The Morgan fingerprint density at radius 1 is 1.10 bits per heavy atom. The fourth-order valence-electron chi connectivity index (χ4n) is 1.97. The summed E-state index contributed by atoms with van der Waals surface area (Å²) in [5.74, 6) is -0.944. The van der Waals surface area contributed by atoms with E-state index in [2.05, 4.69) is 10.2 Å². The smallest absolute Gasteiger partial charge is 0.550 e. The Balaban J connectivity index is 0.00000361. The van der Waals surface area contributed by atoms with Crippen molar-refractivity contribution in [1.82, 2.24) is 10.2 Å². The van der Waals surface area contributed by atoms with Crippen LogP contribution in [0.4, 0.5) is 0 Å². The van der Waals surface area contributed by atoms with Gasteiger partial charge in [-0.2, -0.15) is 0 Å². The SMILES string of the molecule is O=C([O-])CCCCCNC(=O)CCN1CCOCC1.[Na+]. The second kappa shape index (κ2) is 12.6. The molecular formula is C13H23N2NaO4. The van der Waals surface area contributed by atoms with E-state index in [0.717, 1.165) is 45.7 Å². The third kappa shape index (κ3) is 10.6. The zero-order valence-corrected chi connectivity index (χ0v) is 14.4. The van der Waals surface area contributed by atoms with Gasteiger partial charge in [0.15, 0.2) is 0 Å². The van der Waals surface area contributed by atoms with Crippen molar-refractivity contribution in [3.8, 4) is 0 Å². The number of hydrogen-bond acceptors (Lipinski definition) is 5. The van der Waals surface area contributed by atoms with Gasteiger partial charge in [-0.3, -0.25) is 9.69 Å². The molecule has 1 aliphatic rings. The van der Waals surface area contributed by atoms with Gasteiger partial charge in [-0.05, 0) is 19.3 Å². The number of carboxylic acid groups (broad SMARTS) is 1. The van der Waals surface area contributed by atoms with Crippen molar-refractivity contribution in [2.24, 2.45) is 0 Å². The molecule has 110 valence electrons. The maximum absolute atomic E-state index is 11.6. The number of carboxylic acids is 1. The first-order valence-corrected chi connectivity index (χ1v) is 6.95. The molecule has 0 radical (unpaired) electrons. The summed E-state index contributed by atoms with van der Waals surface area (Å²) in [5, 5.41) is 13.0. The molecule has 1 aliphatic heterocycles. The summed E-state index contributed by atoms with van der Waals surface area (Å²) < 4.78 is 5.24. The molecule has 0 aromatic rings. The van der Waals surface area contributed by atoms with Gasteiger partial charge in [0.1, 0.15) is 0 Å². The van der Waals surface area contributed by atoms with Crippen LogP contribution in [0.15, 0.2) is 0 Å². The standard InChI is InChI=1S/C13H24N2O4.Na/c16-12(5-7-15-8-10-19-11-9-15)14-6-3-1-2-4-13(17)18;/h1-11H2,(H,14,16)(H,17,18);/q;+1/p-1. The number of hydrogen-bond donors (Lipinski definition) is 1. The molecule has 7 heteroatoms. The van der Waals surface area contributed by atoms with Crippen LogP contribution in [-0.4, -0.2) is 56.2 Å². The van der Waals surface area contributed by atoms with Crippen molar-refractivity contribution in [1.29, 1.82) is 0 Å². The van der Waals surface area contributed by atoms with Crippen molar-refractivity contribution in [2.75, 3.05) is 39.4 Å². The predicted octanol–water partition coefficient (Wildman–Crippen LogP) is -3.86. The number of rotatable bonds is 9. The fourth-order valence-corrected chi connectivity index (χ4v) is 1.97. The van der Waals surface area contributed by atoms with Crippen LogP contribution >= 0.6 is 0 Å². The van der Waals surface area contributed by atoms with Crippen LogP contribution in [-0.2, 0) is 14.3 Å². The summed E-state index contributed by atoms with van der Waals surface area (Å²) >= 11 is 0. The van der Waals surface area contributed by atoms with Crippen molar-refractivity contribution < 1.29 is 49.0 Å². The van der Waals surface area contributed by atoms with E-state index in [0.29, 0.717) is 19.4 Å². The summed E-state index contributed by atoms with van der Waals surface area (Å²) in [7, 11) is 0. The van der Waals surface area contributed by atoms with Gasteiger partial charge in [0.25, 0.3) is 0 Å². The van der Waals surface area contributed by atoms with E-state index in [4.69, 9.17) is 4.74 Å². The number of unbranched alkanes of at least 4 members (excludes halogenated alkanes) is 2. The number of morpholine rings is 1. The number of ether oxygens (including phenoxy) is 1. The van der Waals surface area contributed by atoms with Crippen LogP contribution in [0.1, 0.15) is 32.1 Å². The van der Waals surface area contributed by atoms with Crippen LogP contribution in [0.2, 0.25) is 0 Å². The van der Waals surface area contributed by atoms with E-state index in [9.17, 15) is 14.7 Å². The van der Waals surface area contributed by atoms with E-state index < -0.39 is 5.97 Å². The van der Waals surface area contributed by atoms with E-state index in [-0.39, 0.29) is 41.9 Å². The van der Waals surface area contributed by atoms with Crippen molar-refractivity contribution >= 4 is 11.9 Å². The Kier molecular flexibility index (Phi) is 12.5. The topological polar surface area (TPSA) is 81.7 Å². The second-order valence-corrected chi connectivity index (χ2v) is 4.74. The number of carbonyl (C=O) groups excluding carboxylic acids is 2. The van der Waals surface area contributed by atoms with Gasteiger partial charge in [0.2, 0.25) is 5.91 Å². The molecule has 0 saturated carbocycles. The third-order valence-electron chi connectivity index (χ3n) is 3.14. The molecule has 1 N–H and O–H groups in total. The Hall–Kier alpha value is -0.140. The normalized spacial score (nSPS) is 15.4. The molecule has 1 fully saturated rings. The largest absolute Gasteiger partial charge is 1.00 e. The first-order valence-electron chi connectivity index (χ1n) is 6.95. The summed E-state index contributed by atoms with van der Waals surface area (Å²) in [4.78, 5) is 24.0. The number of nitrogens with zero attached hydrogens (tertiary/aromatic N) is 1. The van der Waals surface area contributed by atoms with Crippen LogP contribution in [0.5, 0.6) is 0 Å². The average Bonchev–Trinajstić information content (AvgIpc) is 2.41. The molecule has 1 rings (SSSR count). The Morgan fingerprint density at radius 3 is 2.45 bits per heavy atom. The number of nitrogens with one attached hydrogen (secondary N) is 1. The molecule has 1 heterocycles. The minimum atomic E-state index is -1.01. The van der Waals surface area contributed by atoms with Crippen LogP contribution in [0, 0.1) is 0 Å². The maximum atomic E-state index is 11.6. The molecule has 0 bridgehead atoms. The van der Waals surface area contributed by atoms with Crippen LogP contribution < -0.4 is 40.0 Å². The first kappa shape index (κ1) is 19.9. The zero-order valence-electron chi connectivity index (χ0n) is 12.4. The Bertz CT molecular complexity index is 284. The summed E-state index contributed by atoms with van der Waals surface area (Å²) in [6.45, 7) is 4.70. The number of amides is 1. The van der Waals surface area contributed by atoms with Crippen LogP contribution in [0.3, 0.4) is 0 Å². The molecule has 0 aliphatic carbocycles. The van der Waals surface area contributed by atoms with E-state index in [1.54, 1.807) is 0 Å². The molecule has 0 aromatic carbocycles. The van der Waals surface area contributed by atoms with E-state index in [1.807, 2.05) is 0 Å². The van der Waals surface area contributed by atoms with E-state index in [1.165, 1.54) is 0 Å². The van der Waals surface area contributed by atoms with Crippen molar-refractivity contribution in [2.45, 2.75) is 32.1 Å². The van der Waals surface area contributed by atoms with Gasteiger partial charge in [-0.15, -0.1) is 0 Å². The van der Waals surface area contributed by atoms with Crippen molar-refractivity contribution in [3.05, 3.63) is 0 Å². The van der Waals surface area contributed by atoms with Crippen molar-refractivity contribution in [3.63, 3.8) is 0 Å². The van der Waals surface area contributed by atoms with Crippen LogP contribution in [0.25, 0.3) is 0 Å². The average molecular weight is 294 g/mol. The Morgan fingerprint density at radius 2 is 1.80 bits per heavy atom. The molecule has 1 saturated heterocycles. The molecular weight excluding hydrogens is 271 g/mol. The third-order valence-corrected chi connectivity index (χ3v) is 3.14. The molecule has 1 amide bonds. The fraction of sp³-hybridized carbons (Fsp3) is 0.846. The van der Waals surface area contributed by atoms with Gasteiger partial charge in [0, 0.05) is 38.6 Å². The van der Waals surface area contributed by atoms with Gasteiger partial charge in [-0.1, -0.05) is 6.42 Å². The minimum absolute atomic E-state index is 0. The summed E-state index contributed by atoms with van der Waals surface area (Å²) in [6, 6.07) is 0. The van der Waals surface area contributed by atoms with Gasteiger partial charge in [-0.25, -0.2) is 0 Å². The molecule has 0 spiro atoms. The molecule has 20 heavy (non-hydrogen) atoms. The summed E-state index contributed by atoms with van der Waals surface area (Å²) in [5.41, 5.74) is 0. The van der Waals surface area contributed by atoms with Gasteiger partial charge in [0.05, 0.1) is 13.2 Å². The number of carbonyl (C=O) groups is 2. The predicted molar refractivity (Wildman–Crippen MR) is 68.4 cm³/mol. The zero-order chi connectivity index (χ0) is 13.9. The molecule has 0 unspecified atom stereocenters. The maximum Gasteiger partial charge on any atom is 1.00 e. The molecule has 0 atom stereocenters. The monoisotopic (exact) mass is 294 g/mol. The Labute approximate surface area is 142 Å². The quantitative estimate of drug-likeness (QED) is 0.348.